The molecule has 0 N–H and O–H groups in total. The number of hydrogen-bond acceptors (Lipinski definition) is 5. The lowest BCUT2D eigenvalue weighted by Gasteiger charge is -2.30. The molecule has 1 saturated heterocycles. The Hall–Kier alpha value is -1.43. The summed E-state index contributed by atoms with van der Waals surface area (Å²) in [5.41, 5.74) is 1.07. The maximum absolute atomic E-state index is 11.8. The number of ether oxygens (including phenoxy) is 4. The van der Waals surface area contributed by atoms with Gasteiger partial charge in [-0.15, -0.1) is 0 Å². The Kier molecular flexibility index (Phi) is 8.22. The van der Waals surface area contributed by atoms with Gasteiger partial charge in [0.05, 0.1) is 26.2 Å². The van der Waals surface area contributed by atoms with Gasteiger partial charge in [0.1, 0.15) is 18.3 Å². The molecule has 3 atom stereocenters. The number of hydrogen-bond donors (Lipinski definition) is 0. The first-order valence-electron chi connectivity index (χ1n) is 8.75. The summed E-state index contributed by atoms with van der Waals surface area (Å²) in [5.74, 6) is -0.259. The molecule has 0 aliphatic carbocycles. The number of cyclic esters (lactones) is 1. The Morgan fingerprint density at radius 1 is 1.21 bits per heavy atom. The fourth-order valence-corrected chi connectivity index (χ4v) is 2.62. The molecular weight excluding hydrogens is 308 g/mol. The van der Waals surface area contributed by atoms with Crippen LogP contribution in [0.2, 0.25) is 0 Å². The maximum Gasteiger partial charge on any atom is 0.308 e. The third-order valence-corrected chi connectivity index (χ3v) is 3.99. The molecule has 1 aromatic carbocycles. The van der Waals surface area contributed by atoms with Crippen molar-refractivity contribution in [3.05, 3.63) is 35.9 Å². The molecule has 5 heteroatoms. The van der Waals surface area contributed by atoms with E-state index in [9.17, 15) is 4.79 Å². The van der Waals surface area contributed by atoms with E-state index in [1.165, 1.54) is 0 Å². The van der Waals surface area contributed by atoms with Crippen LogP contribution in [0.1, 0.15) is 38.7 Å². The van der Waals surface area contributed by atoms with Gasteiger partial charge < -0.3 is 18.9 Å². The topological polar surface area (TPSA) is 54.0 Å². The van der Waals surface area contributed by atoms with Crippen LogP contribution in [0, 0.1) is 0 Å². The molecular formula is C19H28O5. The minimum atomic E-state index is -0.380. The Balaban J connectivity index is 2.04. The summed E-state index contributed by atoms with van der Waals surface area (Å²) in [5, 5.41) is 0. The third kappa shape index (κ3) is 6.23. The lowest BCUT2D eigenvalue weighted by molar-refractivity contribution is -0.168. The van der Waals surface area contributed by atoms with Gasteiger partial charge in [-0.2, -0.15) is 0 Å². The van der Waals surface area contributed by atoms with Crippen molar-refractivity contribution in [1.82, 2.24) is 0 Å². The number of rotatable bonds is 7. The van der Waals surface area contributed by atoms with E-state index >= 15 is 0 Å². The van der Waals surface area contributed by atoms with E-state index in [0.717, 1.165) is 18.4 Å². The Labute approximate surface area is 144 Å². The second kappa shape index (κ2) is 10.4. The average Bonchev–Trinajstić information content (AvgIpc) is 2.64. The van der Waals surface area contributed by atoms with Crippen molar-refractivity contribution < 1.29 is 23.7 Å². The molecule has 0 amide bonds. The van der Waals surface area contributed by atoms with Crippen molar-refractivity contribution in [2.75, 3.05) is 19.8 Å². The first-order chi connectivity index (χ1) is 11.7. The summed E-state index contributed by atoms with van der Waals surface area (Å²) >= 11 is 0. The second-order valence-electron chi connectivity index (χ2n) is 6.04. The number of unbranched alkanes of at least 4 members (excludes halogenated alkanes) is 1. The first kappa shape index (κ1) is 18.9. The van der Waals surface area contributed by atoms with Crippen LogP contribution < -0.4 is 0 Å². The van der Waals surface area contributed by atoms with Gasteiger partial charge >= 0.3 is 5.97 Å². The minimum absolute atomic E-state index is 0.249. The van der Waals surface area contributed by atoms with Gasteiger partial charge in [0.25, 0.3) is 0 Å². The van der Waals surface area contributed by atoms with Crippen molar-refractivity contribution in [3.8, 4) is 0 Å². The fourth-order valence-electron chi connectivity index (χ4n) is 2.62. The first-order valence-corrected chi connectivity index (χ1v) is 8.75. The lowest BCUT2D eigenvalue weighted by Crippen LogP contribution is -2.44. The minimum Gasteiger partial charge on any atom is -0.460 e. The normalized spacial score (nSPS) is 25.4. The summed E-state index contributed by atoms with van der Waals surface area (Å²) in [4.78, 5) is 11.8. The van der Waals surface area contributed by atoms with Gasteiger partial charge in [0.2, 0.25) is 0 Å². The molecule has 1 heterocycles. The molecule has 5 nitrogen and oxygen atoms in total. The van der Waals surface area contributed by atoms with Crippen molar-refractivity contribution >= 4 is 5.97 Å². The smallest absolute Gasteiger partial charge is 0.308 e. The van der Waals surface area contributed by atoms with Gasteiger partial charge in [0, 0.05) is 6.61 Å². The van der Waals surface area contributed by atoms with E-state index in [4.69, 9.17) is 18.9 Å². The van der Waals surface area contributed by atoms with Gasteiger partial charge in [-0.05, 0) is 18.9 Å². The number of carbonyl (C=O) groups excluding carboxylic acids is 1. The molecule has 1 aromatic rings. The molecule has 2 unspecified atom stereocenters. The Morgan fingerprint density at radius 2 is 2.00 bits per heavy atom. The van der Waals surface area contributed by atoms with Crippen LogP contribution in [0.15, 0.2) is 30.3 Å². The monoisotopic (exact) mass is 336 g/mol. The average molecular weight is 336 g/mol. The van der Waals surface area contributed by atoms with E-state index in [1.54, 1.807) is 0 Å². The van der Waals surface area contributed by atoms with Gasteiger partial charge in [-0.3, -0.25) is 4.79 Å². The van der Waals surface area contributed by atoms with Gasteiger partial charge in [0.15, 0.2) is 0 Å². The Morgan fingerprint density at radius 3 is 2.75 bits per heavy atom. The second-order valence-corrected chi connectivity index (χ2v) is 6.04. The Bertz CT molecular complexity index is 476. The molecule has 2 rings (SSSR count). The summed E-state index contributed by atoms with van der Waals surface area (Å²) < 4.78 is 23.1. The van der Waals surface area contributed by atoms with Crippen LogP contribution in [0.4, 0.5) is 0 Å². The van der Waals surface area contributed by atoms with E-state index in [1.807, 2.05) is 37.3 Å². The molecule has 134 valence electrons. The van der Waals surface area contributed by atoms with Crippen molar-refractivity contribution in [2.45, 2.75) is 58.0 Å². The van der Waals surface area contributed by atoms with Gasteiger partial charge in [-0.25, -0.2) is 0 Å². The highest BCUT2D eigenvalue weighted by atomic mass is 16.6. The van der Waals surface area contributed by atoms with Crippen LogP contribution in [0.3, 0.4) is 0 Å². The third-order valence-electron chi connectivity index (χ3n) is 3.99. The van der Waals surface area contributed by atoms with Crippen molar-refractivity contribution in [2.24, 2.45) is 0 Å². The largest absolute Gasteiger partial charge is 0.460 e. The lowest BCUT2D eigenvalue weighted by atomic mass is 10.1. The van der Waals surface area contributed by atoms with Crippen molar-refractivity contribution in [3.63, 3.8) is 0 Å². The SMILES string of the molecule is CCCCOC1COCCC(=O)OC(C)[C@@H]1OCc1ccccc1. The van der Waals surface area contributed by atoms with Crippen LogP contribution >= 0.6 is 0 Å². The van der Waals surface area contributed by atoms with Crippen molar-refractivity contribution in [1.29, 1.82) is 0 Å². The molecule has 0 aromatic heterocycles. The van der Waals surface area contributed by atoms with Crippen LogP contribution in [-0.2, 0) is 30.3 Å². The van der Waals surface area contributed by atoms with E-state index < -0.39 is 0 Å². The zero-order valence-corrected chi connectivity index (χ0v) is 14.6. The molecule has 0 spiro atoms. The molecule has 1 fully saturated rings. The van der Waals surface area contributed by atoms with E-state index in [-0.39, 0.29) is 30.7 Å². The fraction of sp³-hybridized carbons (Fsp3) is 0.632. The predicted octanol–water partition coefficient (Wildman–Crippen LogP) is 3.11. The summed E-state index contributed by atoms with van der Waals surface area (Å²) in [6.07, 6.45) is 1.32. The standard InChI is InChI=1S/C19H28O5/c1-3-4-11-22-17-14-21-12-10-18(20)24-15(2)19(17)23-13-16-8-6-5-7-9-16/h5-9,15,17,19H,3-4,10-14H2,1-2H3/t15?,17?,19-/m0/s1. The molecule has 24 heavy (non-hydrogen) atoms. The summed E-state index contributed by atoms with van der Waals surface area (Å²) in [6, 6.07) is 9.94. The highest BCUT2D eigenvalue weighted by Gasteiger charge is 2.32. The highest BCUT2D eigenvalue weighted by Crippen LogP contribution is 2.18. The number of carbonyl (C=O) groups is 1. The number of esters is 1. The number of benzene rings is 1. The molecule has 0 radical (unpaired) electrons. The van der Waals surface area contributed by atoms with Crippen LogP contribution in [0.25, 0.3) is 0 Å². The quantitative estimate of drug-likeness (QED) is 0.566. The molecule has 1 aliphatic heterocycles. The molecule has 0 bridgehead atoms. The van der Waals surface area contributed by atoms with Crippen LogP contribution in [-0.4, -0.2) is 44.1 Å². The molecule has 1 aliphatic rings. The van der Waals surface area contributed by atoms with Gasteiger partial charge in [-0.1, -0.05) is 43.7 Å². The van der Waals surface area contributed by atoms with E-state index in [0.29, 0.717) is 26.4 Å². The predicted molar refractivity (Wildman–Crippen MR) is 90.7 cm³/mol. The summed E-state index contributed by atoms with van der Waals surface area (Å²) in [7, 11) is 0. The maximum atomic E-state index is 11.8. The summed E-state index contributed by atoms with van der Waals surface area (Å²) in [6.45, 7) is 5.83. The molecule has 0 saturated carbocycles. The zero-order valence-electron chi connectivity index (χ0n) is 14.6. The highest BCUT2D eigenvalue weighted by molar-refractivity contribution is 5.69. The zero-order chi connectivity index (χ0) is 17.2. The van der Waals surface area contributed by atoms with E-state index in [2.05, 4.69) is 6.92 Å². The van der Waals surface area contributed by atoms with Crippen LogP contribution in [0.5, 0.6) is 0 Å².